The average molecular weight is 939 g/mol. The zero-order valence-corrected chi connectivity index (χ0v) is 39.0. The number of rotatable bonds is 14. The third-order valence-corrected chi connectivity index (χ3v) is 14.2. The molecule has 7 rings (SSSR count). The highest BCUT2D eigenvalue weighted by Gasteiger charge is 2.79. The average Bonchev–Trinajstić information content (AvgIpc) is 3.30. The number of fused-ring (bicyclic) bond motifs is 5. The molecule has 68 heavy (non-hydrogen) atoms. The molecule has 3 aliphatic carbocycles. The van der Waals surface area contributed by atoms with Crippen LogP contribution in [0.3, 0.4) is 0 Å². The Morgan fingerprint density at radius 3 is 1.99 bits per heavy atom. The lowest BCUT2D eigenvalue weighted by molar-refractivity contribution is -0.346. The summed E-state index contributed by atoms with van der Waals surface area (Å²) in [6, 6.07) is 22.9. The van der Waals surface area contributed by atoms with Crippen molar-refractivity contribution in [2.75, 3.05) is 19.7 Å². The first-order valence-electron chi connectivity index (χ1n) is 22.6. The molecule has 17 heteroatoms. The highest BCUT2D eigenvalue weighted by atomic mass is 16.6. The molecular weight excluding hydrogens is 881 g/mol. The quantitative estimate of drug-likeness (QED) is 0.102. The molecular formula is C51H58N2O15. The van der Waals surface area contributed by atoms with E-state index in [4.69, 9.17) is 28.4 Å². The van der Waals surface area contributed by atoms with Gasteiger partial charge in [0, 0.05) is 37.7 Å². The van der Waals surface area contributed by atoms with Crippen molar-refractivity contribution < 1.29 is 72.2 Å². The number of nitrogens with one attached hydrogen (secondary N) is 2. The van der Waals surface area contributed by atoms with Gasteiger partial charge in [0.05, 0.1) is 36.1 Å². The Balaban J connectivity index is 1.42. The van der Waals surface area contributed by atoms with E-state index in [-0.39, 0.29) is 41.8 Å². The van der Waals surface area contributed by atoms with Gasteiger partial charge in [0.2, 0.25) is 0 Å². The maximum Gasteiger partial charge on any atom is 0.338 e. The number of aliphatic hydroxyl groups excluding tert-OH is 1. The molecule has 2 saturated carbocycles. The number of amides is 1. The normalized spacial score (nSPS) is 30.0. The first-order chi connectivity index (χ1) is 32.2. The summed E-state index contributed by atoms with van der Waals surface area (Å²) in [4.78, 5) is 98.6. The number of benzene rings is 3. The molecule has 4 aliphatic rings. The molecule has 0 radical (unpaired) electrons. The van der Waals surface area contributed by atoms with E-state index in [0.29, 0.717) is 12.1 Å². The fourth-order valence-electron chi connectivity index (χ4n) is 10.8. The zero-order chi connectivity index (χ0) is 49.3. The van der Waals surface area contributed by atoms with Gasteiger partial charge in [0.15, 0.2) is 23.6 Å². The van der Waals surface area contributed by atoms with E-state index >= 15 is 4.79 Å². The lowest BCUT2D eigenvalue weighted by Crippen LogP contribution is -2.82. The van der Waals surface area contributed by atoms with Crippen LogP contribution in [-0.4, -0.2) is 119 Å². The molecule has 11 atom stereocenters. The van der Waals surface area contributed by atoms with Gasteiger partial charge in [-0.25, -0.2) is 9.59 Å². The van der Waals surface area contributed by atoms with Crippen LogP contribution in [0.1, 0.15) is 93.6 Å². The van der Waals surface area contributed by atoms with Crippen molar-refractivity contribution in [1.29, 1.82) is 0 Å². The third kappa shape index (κ3) is 8.83. The van der Waals surface area contributed by atoms with Gasteiger partial charge in [0.1, 0.15) is 30.0 Å². The number of esters is 5. The maximum absolute atomic E-state index is 16.0. The van der Waals surface area contributed by atoms with Crippen LogP contribution in [-0.2, 0) is 52.4 Å². The van der Waals surface area contributed by atoms with Crippen LogP contribution in [0.25, 0.3) is 0 Å². The van der Waals surface area contributed by atoms with Crippen molar-refractivity contribution in [2.45, 2.75) is 115 Å². The number of aliphatic hydroxyl groups is 2. The minimum Gasteiger partial charge on any atom is -0.460 e. The number of ether oxygens (including phenoxy) is 6. The number of likely N-dealkylation sites (N-methyl/N-ethyl adjacent to an activating group) is 1. The Morgan fingerprint density at radius 1 is 0.824 bits per heavy atom. The van der Waals surface area contributed by atoms with E-state index in [2.05, 4.69) is 10.6 Å². The SMILES string of the molecule is CCNCC(=O)O[C@H]1CC2OC[C@@]2(OC(C)=O)[C@H]2[C@H](OC(=O)c3ccccc3)[C@]3(O)C[C@H](OC(=O)[C@H](O)[C@@H](NC(=O)c4ccccc4)c4ccccc4)C(C)=C([C@@H](OC(C)=O)C(=O)[C@]12C)C3(C)C. The summed E-state index contributed by atoms with van der Waals surface area (Å²) in [6.45, 7) is 9.89. The van der Waals surface area contributed by atoms with Crippen LogP contribution < -0.4 is 10.6 Å². The van der Waals surface area contributed by atoms with Gasteiger partial charge in [-0.3, -0.25) is 24.0 Å². The Hall–Kier alpha value is -6.27. The lowest BCUT2D eigenvalue weighted by atomic mass is 9.44. The summed E-state index contributed by atoms with van der Waals surface area (Å²) < 4.78 is 37.0. The molecule has 0 aromatic heterocycles. The highest BCUT2D eigenvalue weighted by Crippen LogP contribution is 2.65. The van der Waals surface area contributed by atoms with Gasteiger partial charge in [-0.05, 0) is 61.4 Å². The predicted molar refractivity (Wildman–Crippen MR) is 240 cm³/mol. The topological polar surface area (TPSA) is 239 Å². The van der Waals surface area contributed by atoms with Crippen LogP contribution in [0.5, 0.6) is 0 Å². The molecule has 1 unspecified atom stereocenters. The van der Waals surface area contributed by atoms with Crippen molar-refractivity contribution in [2.24, 2.45) is 16.7 Å². The molecule has 17 nitrogen and oxygen atoms in total. The molecule has 1 saturated heterocycles. The maximum atomic E-state index is 16.0. The number of hydrogen-bond acceptors (Lipinski definition) is 16. The van der Waals surface area contributed by atoms with E-state index in [0.717, 1.165) is 13.8 Å². The van der Waals surface area contributed by atoms with Gasteiger partial charge < -0.3 is 49.3 Å². The van der Waals surface area contributed by atoms with Gasteiger partial charge >= 0.3 is 29.8 Å². The minimum absolute atomic E-state index is 0.0255. The summed E-state index contributed by atoms with van der Waals surface area (Å²) in [7, 11) is 0. The van der Waals surface area contributed by atoms with Crippen LogP contribution in [0.15, 0.2) is 102 Å². The number of hydrogen-bond donors (Lipinski definition) is 4. The van der Waals surface area contributed by atoms with Crippen LogP contribution in [0, 0.1) is 16.7 Å². The molecule has 1 aliphatic heterocycles. The lowest BCUT2D eigenvalue weighted by Gasteiger charge is -2.67. The number of Topliss-reactive ketones (excluding diaryl/α,β-unsaturated/α-hetero) is 1. The summed E-state index contributed by atoms with van der Waals surface area (Å²) in [5.74, 6) is -7.76. The highest BCUT2D eigenvalue weighted by molar-refractivity contribution is 5.96. The molecule has 3 fully saturated rings. The Morgan fingerprint density at radius 2 is 1.43 bits per heavy atom. The number of carbonyl (C=O) groups is 7. The largest absolute Gasteiger partial charge is 0.460 e. The van der Waals surface area contributed by atoms with Crippen LogP contribution >= 0.6 is 0 Å². The summed E-state index contributed by atoms with van der Waals surface area (Å²) >= 11 is 0. The Bertz CT molecular complexity index is 2460. The number of ketones is 1. The van der Waals surface area contributed by atoms with Crippen molar-refractivity contribution in [1.82, 2.24) is 10.6 Å². The van der Waals surface area contributed by atoms with Crippen molar-refractivity contribution in [3.05, 3.63) is 119 Å². The van der Waals surface area contributed by atoms with Gasteiger partial charge in [-0.1, -0.05) is 87.5 Å². The minimum atomic E-state index is -2.45. The predicted octanol–water partition coefficient (Wildman–Crippen LogP) is 3.90. The van der Waals surface area contributed by atoms with Crippen molar-refractivity contribution in [3.8, 4) is 0 Å². The second kappa shape index (κ2) is 19.4. The first kappa shape index (κ1) is 49.6. The fraction of sp³-hybridized carbons (Fsp3) is 0.471. The monoisotopic (exact) mass is 938 g/mol. The second-order valence-electron chi connectivity index (χ2n) is 18.6. The first-order valence-corrected chi connectivity index (χ1v) is 22.6. The molecule has 0 spiro atoms. The zero-order valence-electron chi connectivity index (χ0n) is 39.0. The van der Waals surface area contributed by atoms with E-state index in [1.165, 1.54) is 26.0 Å². The van der Waals surface area contributed by atoms with Crippen LogP contribution in [0.2, 0.25) is 0 Å². The standard InChI is InChI=1S/C51H58N2O15/c1-8-52-26-37(56)66-35-24-36-50(27-63-36,68-30(4)55)42-44(67-46(60)33-22-16-11-17-23-33)51(62)25-34(28(2)38(48(51,5)6)41(64-29(3)54)43(58)49(35,42)7)65-47(61)40(57)39(31-18-12-9-13-19-31)53-45(59)32-20-14-10-15-21-32/h9-23,34-36,39-42,44,52,57,62H,8,24-27H2,1-7H3,(H,53,59)/t34-,35-,36?,39-,40+,41+,42-,44-,49+,50-,51+/m0/s1. The summed E-state index contributed by atoms with van der Waals surface area (Å²) in [5, 5.41) is 31.5. The van der Waals surface area contributed by atoms with Gasteiger partial charge in [-0.2, -0.15) is 0 Å². The third-order valence-electron chi connectivity index (χ3n) is 14.2. The second-order valence-corrected chi connectivity index (χ2v) is 18.6. The summed E-state index contributed by atoms with van der Waals surface area (Å²) in [6.07, 6.45) is -10.6. The van der Waals surface area contributed by atoms with Crippen molar-refractivity contribution in [3.63, 3.8) is 0 Å². The molecule has 1 heterocycles. The van der Waals surface area contributed by atoms with Crippen molar-refractivity contribution >= 4 is 41.5 Å². The van der Waals surface area contributed by atoms with E-state index < -0.39 is 119 Å². The molecule has 3 aromatic rings. The molecule has 2 bridgehead atoms. The summed E-state index contributed by atoms with van der Waals surface area (Å²) in [5.41, 5.74) is -7.32. The molecule has 3 aromatic carbocycles. The smallest absolute Gasteiger partial charge is 0.338 e. The molecule has 362 valence electrons. The van der Waals surface area contributed by atoms with Crippen LogP contribution in [0.4, 0.5) is 0 Å². The molecule has 4 N–H and O–H groups in total. The van der Waals surface area contributed by atoms with Gasteiger partial charge in [-0.15, -0.1) is 0 Å². The number of carbonyl (C=O) groups excluding carboxylic acids is 7. The Labute approximate surface area is 393 Å². The van der Waals surface area contributed by atoms with E-state index in [1.54, 1.807) is 99.6 Å². The van der Waals surface area contributed by atoms with Gasteiger partial charge in [0.25, 0.3) is 5.91 Å². The van der Waals surface area contributed by atoms with E-state index in [9.17, 15) is 39.0 Å². The Kier molecular flexibility index (Phi) is 14.1. The van der Waals surface area contributed by atoms with E-state index in [1.807, 2.05) is 0 Å². The molecule has 1 amide bonds. The fourth-order valence-corrected chi connectivity index (χ4v) is 10.8.